The van der Waals surface area contributed by atoms with E-state index in [4.69, 9.17) is 0 Å². The molecule has 0 nitrogen and oxygen atoms in total. The van der Waals surface area contributed by atoms with Crippen LogP contribution in [0.2, 0.25) is 0 Å². The summed E-state index contributed by atoms with van der Waals surface area (Å²) in [4.78, 5) is 1.37. The van der Waals surface area contributed by atoms with Gasteiger partial charge in [-0.1, -0.05) is 6.92 Å². The highest BCUT2D eigenvalue weighted by Gasteiger charge is 1.96. The second kappa shape index (κ2) is 4.91. The van der Waals surface area contributed by atoms with Gasteiger partial charge in [-0.25, -0.2) is 0 Å². The van der Waals surface area contributed by atoms with Crippen molar-refractivity contribution in [3.05, 3.63) is 25.3 Å². The van der Waals surface area contributed by atoms with Crippen molar-refractivity contribution in [1.29, 1.82) is 0 Å². The molecule has 0 aliphatic heterocycles. The van der Waals surface area contributed by atoms with Crippen molar-refractivity contribution in [2.45, 2.75) is 11.8 Å². The van der Waals surface area contributed by atoms with Gasteiger partial charge in [0.1, 0.15) is 0 Å². The van der Waals surface area contributed by atoms with Gasteiger partial charge in [0, 0.05) is 12.0 Å². The highest BCUT2D eigenvalue weighted by Crippen LogP contribution is 2.23. The minimum atomic E-state index is 1.15. The number of halogens is 2. The predicted octanol–water partition coefficient (Wildman–Crippen LogP) is 4.01. The van der Waals surface area contributed by atoms with Gasteiger partial charge in [-0.05, 0) is 69.1 Å². The molecule has 0 aliphatic carbocycles. The molecule has 1 aromatic rings. The lowest BCUT2D eigenvalue weighted by Crippen LogP contribution is -1.80. The molecule has 0 saturated carbocycles. The zero-order chi connectivity index (χ0) is 8.27. The molecule has 0 bridgehead atoms. The molecule has 0 unspecified atom stereocenters. The zero-order valence-corrected chi connectivity index (χ0v) is 11.2. The van der Waals surface area contributed by atoms with Crippen molar-refractivity contribution < 1.29 is 0 Å². The normalized spacial score (nSPS) is 10.1. The predicted molar refractivity (Wildman–Crippen MR) is 68.3 cm³/mol. The molecule has 0 amide bonds. The quantitative estimate of drug-likeness (QED) is 0.544. The van der Waals surface area contributed by atoms with Crippen LogP contribution in [0.5, 0.6) is 0 Å². The lowest BCUT2D eigenvalue weighted by molar-refractivity contribution is 1.39. The number of rotatable bonds is 2. The molecule has 0 aromatic heterocycles. The lowest BCUT2D eigenvalue weighted by atomic mass is 10.4. The molecule has 60 valence electrons. The summed E-state index contributed by atoms with van der Waals surface area (Å²) in [7, 11) is 0. The molecule has 0 fully saturated rings. The molecular formula is C8H8I2S. The topological polar surface area (TPSA) is 0 Å². The highest BCUT2D eigenvalue weighted by atomic mass is 127. The van der Waals surface area contributed by atoms with Gasteiger partial charge >= 0.3 is 0 Å². The highest BCUT2D eigenvalue weighted by molar-refractivity contribution is 14.1. The van der Waals surface area contributed by atoms with Crippen molar-refractivity contribution in [2.24, 2.45) is 0 Å². The summed E-state index contributed by atoms with van der Waals surface area (Å²) < 4.78 is 2.69. The summed E-state index contributed by atoms with van der Waals surface area (Å²) in [5.41, 5.74) is 0. The van der Waals surface area contributed by atoms with E-state index in [2.05, 4.69) is 70.3 Å². The first kappa shape index (κ1) is 10.1. The third-order valence-electron chi connectivity index (χ3n) is 1.20. The third kappa shape index (κ3) is 3.10. The fourth-order valence-corrected chi connectivity index (χ4v) is 2.49. The standard InChI is InChI=1S/C8H8I2S/c1-2-11-6-3-4-7(9)8(10)5-6/h3-5H,2H2,1H3. The average Bonchev–Trinajstić information content (AvgIpc) is 1.98. The van der Waals surface area contributed by atoms with Crippen molar-refractivity contribution in [3.8, 4) is 0 Å². The molecule has 1 aromatic carbocycles. The maximum atomic E-state index is 2.37. The third-order valence-corrected chi connectivity index (χ3v) is 4.94. The van der Waals surface area contributed by atoms with Crippen molar-refractivity contribution in [1.82, 2.24) is 0 Å². The van der Waals surface area contributed by atoms with Crippen molar-refractivity contribution in [2.75, 3.05) is 5.75 Å². The van der Waals surface area contributed by atoms with Gasteiger partial charge < -0.3 is 0 Å². The van der Waals surface area contributed by atoms with Gasteiger partial charge in [0.05, 0.1) is 0 Å². The first-order valence-corrected chi connectivity index (χ1v) is 6.46. The molecule has 3 heteroatoms. The fraction of sp³-hybridized carbons (Fsp3) is 0.250. The Bertz CT molecular complexity index is 248. The molecule has 0 atom stereocenters. The SMILES string of the molecule is CCSc1ccc(I)c(I)c1. The molecule has 0 radical (unpaired) electrons. The molecule has 0 aliphatic rings. The molecule has 0 spiro atoms. The smallest absolute Gasteiger partial charge is 0.0275 e. The van der Waals surface area contributed by atoms with Gasteiger partial charge in [0.15, 0.2) is 0 Å². The summed E-state index contributed by atoms with van der Waals surface area (Å²) in [5.74, 6) is 1.15. The second-order valence-electron chi connectivity index (χ2n) is 2.01. The van der Waals surface area contributed by atoms with E-state index in [1.807, 2.05) is 11.8 Å². The van der Waals surface area contributed by atoms with E-state index in [-0.39, 0.29) is 0 Å². The van der Waals surface area contributed by atoms with Gasteiger partial charge in [-0.15, -0.1) is 11.8 Å². The maximum absolute atomic E-state index is 2.37. The summed E-state index contributed by atoms with van der Waals surface area (Å²) in [6.45, 7) is 2.18. The second-order valence-corrected chi connectivity index (χ2v) is 5.67. The largest absolute Gasteiger partial charge is 0.126 e. The Morgan fingerprint density at radius 3 is 2.55 bits per heavy atom. The summed E-state index contributed by atoms with van der Waals surface area (Å²) >= 11 is 6.61. The van der Waals surface area contributed by atoms with Crippen LogP contribution in [-0.2, 0) is 0 Å². The van der Waals surface area contributed by atoms with Crippen LogP contribution in [0.1, 0.15) is 6.92 Å². The number of hydrogen-bond donors (Lipinski definition) is 0. The number of benzene rings is 1. The van der Waals surface area contributed by atoms with Gasteiger partial charge in [0.25, 0.3) is 0 Å². The van der Waals surface area contributed by atoms with Crippen LogP contribution in [0.15, 0.2) is 23.1 Å². The van der Waals surface area contributed by atoms with Gasteiger partial charge in [0.2, 0.25) is 0 Å². The number of thioether (sulfide) groups is 1. The Hall–Kier alpha value is 1.03. The van der Waals surface area contributed by atoms with Crippen molar-refractivity contribution in [3.63, 3.8) is 0 Å². The minimum absolute atomic E-state index is 1.15. The monoisotopic (exact) mass is 390 g/mol. The van der Waals surface area contributed by atoms with Gasteiger partial charge in [-0.2, -0.15) is 0 Å². The summed E-state index contributed by atoms with van der Waals surface area (Å²) in [6.07, 6.45) is 0. The van der Waals surface area contributed by atoms with Crippen LogP contribution >= 0.6 is 56.9 Å². The molecule has 1 rings (SSSR count). The van der Waals surface area contributed by atoms with Crippen LogP contribution in [0, 0.1) is 7.14 Å². The maximum Gasteiger partial charge on any atom is 0.0275 e. The van der Waals surface area contributed by atoms with Crippen LogP contribution in [-0.4, -0.2) is 5.75 Å². The van der Waals surface area contributed by atoms with E-state index in [1.165, 1.54) is 12.0 Å². The first-order chi connectivity index (χ1) is 5.24. The van der Waals surface area contributed by atoms with Crippen molar-refractivity contribution >= 4 is 56.9 Å². The summed E-state index contributed by atoms with van der Waals surface area (Å²) in [5, 5.41) is 0. The lowest BCUT2D eigenvalue weighted by Gasteiger charge is -2.00. The molecule has 0 N–H and O–H groups in total. The van der Waals surface area contributed by atoms with E-state index in [1.54, 1.807) is 0 Å². The summed E-state index contributed by atoms with van der Waals surface area (Å²) in [6, 6.07) is 6.58. The van der Waals surface area contributed by atoms with E-state index < -0.39 is 0 Å². The zero-order valence-electron chi connectivity index (χ0n) is 6.10. The van der Waals surface area contributed by atoms with Crippen LogP contribution < -0.4 is 0 Å². The first-order valence-electron chi connectivity index (χ1n) is 3.32. The fourth-order valence-electron chi connectivity index (χ4n) is 0.733. The van der Waals surface area contributed by atoms with E-state index >= 15 is 0 Å². The van der Waals surface area contributed by atoms with E-state index in [0.29, 0.717) is 0 Å². The van der Waals surface area contributed by atoms with E-state index in [9.17, 15) is 0 Å². The Morgan fingerprint density at radius 2 is 2.00 bits per heavy atom. The Labute approximate surface area is 98.8 Å². The Morgan fingerprint density at radius 1 is 1.27 bits per heavy atom. The molecule has 0 saturated heterocycles. The Kier molecular flexibility index (Phi) is 4.52. The molecule has 11 heavy (non-hydrogen) atoms. The van der Waals surface area contributed by atoms with Gasteiger partial charge in [-0.3, -0.25) is 0 Å². The minimum Gasteiger partial charge on any atom is -0.126 e. The average molecular weight is 390 g/mol. The Balaban J connectivity index is 2.86. The van der Waals surface area contributed by atoms with Crippen LogP contribution in [0.4, 0.5) is 0 Å². The number of hydrogen-bond acceptors (Lipinski definition) is 1. The molecular weight excluding hydrogens is 382 g/mol. The molecule has 0 heterocycles. The van der Waals surface area contributed by atoms with Crippen LogP contribution in [0.25, 0.3) is 0 Å². The van der Waals surface area contributed by atoms with Crippen LogP contribution in [0.3, 0.4) is 0 Å². The van der Waals surface area contributed by atoms with E-state index in [0.717, 1.165) is 5.75 Å².